The largest absolute Gasteiger partial charge is 0.316 e. The van der Waals surface area contributed by atoms with E-state index in [0.717, 1.165) is 12.5 Å². The van der Waals surface area contributed by atoms with Gasteiger partial charge in [-0.15, -0.1) is 0 Å². The van der Waals surface area contributed by atoms with Crippen molar-refractivity contribution in [2.24, 2.45) is 5.92 Å². The first kappa shape index (κ1) is 13.6. The molecular weight excluding hydrogens is 224 g/mol. The molecule has 1 aromatic rings. The van der Waals surface area contributed by atoms with Gasteiger partial charge >= 0.3 is 0 Å². The van der Waals surface area contributed by atoms with Crippen LogP contribution in [0, 0.1) is 5.92 Å². The van der Waals surface area contributed by atoms with Crippen LogP contribution < -0.4 is 5.32 Å². The van der Waals surface area contributed by atoms with Crippen LogP contribution in [0.5, 0.6) is 0 Å². The highest BCUT2D eigenvalue weighted by Crippen LogP contribution is 2.21. The monoisotopic (exact) mass is 250 g/mol. The normalized spacial score (nSPS) is 22.3. The van der Waals surface area contributed by atoms with Crippen molar-refractivity contribution in [2.45, 2.75) is 39.3 Å². The van der Waals surface area contributed by atoms with E-state index >= 15 is 0 Å². The molecule has 102 valence electrons. The zero-order chi connectivity index (χ0) is 13.0. The van der Waals surface area contributed by atoms with Crippen molar-refractivity contribution in [2.75, 3.05) is 26.7 Å². The minimum Gasteiger partial charge on any atom is -0.316 e. The summed E-state index contributed by atoms with van der Waals surface area (Å²) in [5, 5.41) is 7.85. The van der Waals surface area contributed by atoms with Crippen LogP contribution in [-0.2, 0) is 6.54 Å². The van der Waals surface area contributed by atoms with Gasteiger partial charge in [-0.25, -0.2) is 0 Å². The Kier molecular flexibility index (Phi) is 4.78. The predicted molar refractivity (Wildman–Crippen MR) is 74.5 cm³/mol. The molecule has 1 aliphatic heterocycles. The van der Waals surface area contributed by atoms with Crippen molar-refractivity contribution in [1.29, 1.82) is 0 Å². The molecule has 0 aliphatic carbocycles. The molecule has 0 radical (unpaired) electrons. The number of hydrogen-bond donors (Lipinski definition) is 1. The predicted octanol–water partition coefficient (Wildman–Crippen LogP) is 1.90. The number of nitrogens with zero attached hydrogens (tertiary/aromatic N) is 3. The van der Waals surface area contributed by atoms with Crippen LogP contribution in [-0.4, -0.2) is 41.4 Å². The zero-order valence-corrected chi connectivity index (χ0v) is 11.9. The number of hydrogen-bond acceptors (Lipinski definition) is 3. The van der Waals surface area contributed by atoms with E-state index in [9.17, 15) is 0 Å². The van der Waals surface area contributed by atoms with Gasteiger partial charge < -0.3 is 5.32 Å². The van der Waals surface area contributed by atoms with Gasteiger partial charge in [0.05, 0.1) is 6.20 Å². The van der Waals surface area contributed by atoms with Crippen LogP contribution in [0.1, 0.15) is 38.3 Å². The summed E-state index contributed by atoms with van der Waals surface area (Å²) in [5.41, 5.74) is 1.32. The summed E-state index contributed by atoms with van der Waals surface area (Å²) in [6.07, 6.45) is 6.85. The third kappa shape index (κ3) is 3.33. The summed E-state index contributed by atoms with van der Waals surface area (Å²) >= 11 is 0. The van der Waals surface area contributed by atoms with E-state index in [1.54, 1.807) is 0 Å². The van der Waals surface area contributed by atoms with Gasteiger partial charge in [-0.05, 0) is 52.7 Å². The Balaban J connectivity index is 1.88. The Morgan fingerprint density at radius 3 is 3.06 bits per heavy atom. The molecule has 0 saturated carbocycles. The van der Waals surface area contributed by atoms with Crippen molar-refractivity contribution in [3.8, 4) is 0 Å². The summed E-state index contributed by atoms with van der Waals surface area (Å²) in [4.78, 5) is 2.45. The van der Waals surface area contributed by atoms with Crippen LogP contribution in [0.15, 0.2) is 12.4 Å². The molecule has 0 spiro atoms. The van der Waals surface area contributed by atoms with Gasteiger partial charge in [0.1, 0.15) is 0 Å². The van der Waals surface area contributed by atoms with E-state index in [1.807, 2.05) is 10.9 Å². The minimum atomic E-state index is 0.451. The van der Waals surface area contributed by atoms with Crippen LogP contribution >= 0.6 is 0 Å². The van der Waals surface area contributed by atoms with E-state index in [2.05, 4.69) is 42.4 Å². The number of rotatable bonds is 5. The molecule has 0 aromatic carbocycles. The highest BCUT2D eigenvalue weighted by atomic mass is 15.3. The number of aromatic nitrogens is 2. The van der Waals surface area contributed by atoms with E-state index in [-0.39, 0.29) is 0 Å². The second-order valence-electron chi connectivity index (χ2n) is 5.46. The first-order valence-electron chi connectivity index (χ1n) is 7.14. The first-order valence-corrected chi connectivity index (χ1v) is 7.14. The molecule has 2 heterocycles. The summed E-state index contributed by atoms with van der Waals surface area (Å²) in [7, 11) is 2.22. The average molecular weight is 250 g/mol. The fraction of sp³-hybridized carbons (Fsp3) is 0.786. The molecule has 18 heavy (non-hydrogen) atoms. The van der Waals surface area contributed by atoms with E-state index in [1.165, 1.54) is 38.0 Å². The second kappa shape index (κ2) is 6.34. The van der Waals surface area contributed by atoms with Gasteiger partial charge in [-0.2, -0.15) is 5.10 Å². The lowest BCUT2D eigenvalue weighted by Crippen LogP contribution is -2.37. The van der Waals surface area contributed by atoms with Crippen LogP contribution in [0.2, 0.25) is 0 Å². The number of nitrogens with one attached hydrogen (secondary N) is 1. The maximum absolute atomic E-state index is 4.36. The number of piperidine rings is 1. The maximum Gasteiger partial charge on any atom is 0.0537 e. The zero-order valence-electron chi connectivity index (χ0n) is 11.9. The van der Waals surface area contributed by atoms with Gasteiger partial charge in [-0.1, -0.05) is 0 Å². The van der Waals surface area contributed by atoms with Crippen molar-refractivity contribution >= 4 is 0 Å². The Hall–Kier alpha value is -0.870. The standard InChI is InChI=1S/C14H26N4/c1-4-18-11-14(9-16-18)12(2)17(3)10-13-6-5-7-15-8-13/h9,11-13,15H,4-8,10H2,1-3H3. The lowest BCUT2D eigenvalue weighted by atomic mass is 9.98. The van der Waals surface area contributed by atoms with Gasteiger partial charge in [0.15, 0.2) is 0 Å². The molecule has 4 heteroatoms. The van der Waals surface area contributed by atoms with Crippen molar-refractivity contribution in [3.05, 3.63) is 18.0 Å². The summed E-state index contributed by atoms with van der Waals surface area (Å²) in [5.74, 6) is 0.799. The second-order valence-corrected chi connectivity index (χ2v) is 5.46. The van der Waals surface area contributed by atoms with E-state index in [0.29, 0.717) is 6.04 Å². The van der Waals surface area contributed by atoms with Crippen LogP contribution in [0.4, 0.5) is 0 Å². The fourth-order valence-corrected chi connectivity index (χ4v) is 2.67. The maximum atomic E-state index is 4.36. The molecule has 2 unspecified atom stereocenters. The quantitative estimate of drug-likeness (QED) is 0.866. The summed E-state index contributed by atoms with van der Waals surface area (Å²) in [6, 6.07) is 0.451. The van der Waals surface area contributed by atoms with Gasteiger partial charge in [0.2, 0.25) is 0 Å². The fourth-order valence-electron chi connectivity index (χ4n) is 2.67. The smallest absolute Gasteiger partial charge is 0.0537 e. The Morgan fingerprint density at radius 2 is 2.44 bits per heavy atom. The molecule has 1 aromatic heterocycles. The third-order valence-electron chi connectivity index (χ3n) is 4.07. The topological polar surface area (TPSA) is 33.1 Å². The molecule has 2 rings (SSSR count). The van der Waals surface area contributed by atoms with Gasteiger partial charge in [-0.3, -0.25) is 9.58 Å². The highest BCUT2D eigenvalue weighted by molar-refractivity contribution is 5.09. The van der Waals surface area contributed by atoms with Crippen molar-refractivity contribution < 1.29 is 0 Å². The molecule has 0 amide bonds. The summed E-state index contributed by atoms with van der Waals surface area (Å²) < 4.78 is 2.00. The van der Waals surface area contributed by atoms with Crippen LogP contribution in [0.25, 0.3) is 0 Å². The lowest BCUT2D eigenvalue weighted by molar-refractivity contribution is 0.199. The lowest BCUT2D eigenvalue weighted by Gasteiger charge is -2.31. The molecule has 1 N–H and O–H groups in total. The van der Waals surface area contributed by atoms with Gasteiger partial charge in [0, 0.05) is 30.9 Å². The Labute approximate surface area is 110 Å². The van der Waals surface area contributed by atoms with Crippen LogP contribution in [0.3, 0.4) is 0 Å². The van der Waals surface area contributed by atoms with E-state index in [4.69, 9.17) is 0 Å². The average Bonchev–Trinajstić information content (AvgIpc) is 2.87. The molecule has 4 nitrogen and oxygen atoms in total. The third-order valence-corrected chi connectivity index (χ3v) is 4.07. The molecule has 0 bridgehead atoms. The summed E-state index contributed by atoms with van der Waals surface area (Å²) in [6.45, 7) is 8.88. The van der Waals surface area contributed by atoms with Gasteiger partial charge in [0.25, 0.3) is 0 Å². The minimum absolute atomic E-state index is 0.451. The Morgan fingerprint density at radius 1 is 1.61 bits per heavy atom. The molecule has 2 atom stereocenters. The molecular formula is C14H26N4. The van der Waals surface area contributed by atoms with E-state index < -0.39 is 0 Å². The van der Waals surface area contributed by atoms with Crippen molar-refractivity contribution in [3.63, 3.8) is 0 Å². The SMILES string of the molecule is CCn1cc(C(C)N(C)CC2CCCNC2)cn1. The molecule has 1 fully saturated rings. The molecule has 1 saturated heterocycles. The Bertz CT molecular complexity index is 354. The van der Waals surface area contributed by atoms with Crippen molar-refractivity contribution in [1.82, 2.24) is 20.0 Å². The number of aryl methyl sites for hydroxylation is 1. The molecule has 1 aliphatic rings. The highest BCUT2D eigenvalue weighted by Gasteiger charge is 2.19. The first-order chi connectivity index (χ1) is 8.70.